The zero-order chi connectivity index (χ0) is 12.3. The quantitative estimate of drug-likeness (QED) is 0.819. The van der Waals surface area contributed by atoms with Crippen LogP contribution in [0.4, 0.5) is 0 Å². The van der Waals surface area contributed by atoms with Crippen molar-refractivity contribution in [2.45, 2.75) is 38.0 Å². The summed E-state index contributed by atoms with van der Waals surface area (Å²) in [6.07, 6.45) is 2.59. The SMILES string of the molecule is CC1N=C(C(=O)NCCN2CCCC2)SC1C. The molecule has 0 saturated carbocycles. The lowest BCUT2D eigenvalue weighted by Gasteiger charge is -2.14. The summed E-state index contributed by atoms with van der Waals surface area (Å²) >= 11 is 1.59. The summed E-state index contributed by atoms with van der Waals surface area (Å²) in [5.41, 5.74) is 0. The van der Waals surface area contributed by atoms with E-state index in [0.29, 0.717) is 10.3 Å². The molecular weight excluding hydrogens is 234 g/mol. The molecule has 2 atom stereocenters. The lowest BCUT2D eigenvalue weighted by atomic mass is 10.3. The third-order valence-corrected chi connectivity index (χ3v) is 4.68. The van der Waals surface area contributed by atoms with Crippen molar-refractivity contribution in [1.82, 2.24) is 10.2 Å². The highest BCUT2D eigenvalue weighted by molar-refractivity contribution is 8.16. The molecule has 0 aromatic carbocycles. The Kier molecular flexibility index (Phi) is 4.45. The molecule has 0 spiro atoms. The molecule has 2 aliphatic heterocycles. The summed E-state index contributed by atoms with van der Waals surface area (Å²) in [6, 6.07) is 0.263. The Labute approximate surface area is 107 Å². The molecule has 0 radical (unpaired) electrons. The van der Waals surface area contributed by atoms with Gasteiger partial charge >= 0.3 is 0 Å². The Bertz CT molecular complexity index is 313. The minimum absolute atomic E-state index is 0.00500. The van der Waals surface area contributed by atoms with Gasteiger partial charge in [-0.1, -0.05) is 18.7 Å². The van der Waals surface area contributed by atoms with E-state index in [-0.39, 0.29) is 11.9 Å². The number of aliphatic imine (C=N–C) groups is 1. The number of thioether (sulfide) groups is 1. The number of carbonyl (C=O) groups is 1. The van der Waals surface area contributed by atoms with Crippen LogP contribution < -0.4 is 5.32 Å². The van der Waals surface area contributed by atoms with E-state index in [4.69, 9.17) is 0 Å². The van der Waals surface area contributed by atoms with Crippen molar-refractivity contribution in [1.29, 1.82) is 0 Å². The predicted octanol–water partition coefficient (Wildman–Crippen LogP) is 1.12. The molecule has 0 bridgehead atoms. The molecule has 2 rings (SSSR count). The standard InChI is InChI=1S/C12H21N3OS/c1-9-10(2)17-12(14-9)11(16)13-5-8-15-6-3-4-7-15/h9-10H,3-8H2,1-2H3,(H,13,16). The Morgan fingerprint density at radius 2 is 2.18 bits per heavy atom. The van der Waals surface area contributed by atoms with Gasteiger partial charge in [0.25, 0.3) is 5.91 Å². The third kappa shape index (κ3) is 3.45. The third-order valence-electron chi connectivity index (χ3n) is 3.40. The van der Waals surface area contributed by atoms with Crippen LogP contribution in [0, 0.1) is 0 Å². The maximum absolute atomic E-state index is 11.8. The number of carbonyl (C=O) groups excluding carboxylic acids is 1. The summed E-state index contributed by atoms with van der Waals surface area (Å²) < 4.78 is 0. The van der Waals surface area contributed by atoms with Crippen LogP contribution in [-0.2, 0) is 4.79 Å². The van der Waals surface area contributed by atoms with Gasteiger partial charge in [0.1, 0.15) is 0 Å². The van der Waals surface area contributed by atoms with Crippen molar-refractivity contribution in [3.05, 3.63) is 0 Å². The largest absolute Gasteiger partial charge is 0.349 e. The van der Waals surface area contributed by atoms with E-state index < -0.39 is 0 Å². The van der Waals surface area contributed by atoms with Gasteiger partial charge in [-0.2, -0.15) is 0 Å². The smallest absolute Gasteiger partial charge is 0.276 e. The fraction of sp³-hybridized carbons (Fsp3) is 0.833. The molecule has 5 heteroatoms. The van der Waals surface area contributed by atoms with E-state index in [1.807, 2.05) is 0 Å². The predicted molar refractivity (Wildman–Crippen MR) is 72.6 cm³/mol. The second-order valence-corrected chi connectivity index (χ2v) is 6.17. The lowest BCUT2D eigenvalue weighted by Crippen LogP contribution is -2.36. The minimum atomic E-state index is 0.00500. The van der Waals surface area contributed by atoms with Gasteiger partial charge in [0.05, 0.1) is 6.04 Å². The molecule has 1 fully saturated rings. The maximum atomic E-state index is 11.8. The first-order valence-corrected chi connectivity index (χ1v) is 7.30. The van der Waals surface area contributed by atoms with Crippen molar-refractivity contribution in [3.63, 3.8) is 0 Å². The molecule has 2 heterocycles. The van der Waals surface area contributed by atoms with Gasteiger partial charge in [0.2, 0.25) is 0 Å². The molecule has 1 N–H and O–H groups in total. The number of nitrogens with one attached hydrogen (secondary N) is 1. The Morgan fingerprint density at radius 1 is 1.47 bits per heavy atom. The van der Waals surface area contributed by atoms with Crippen molar-refractivity contribution in [2.75, 3.05) is 26.2 Å². The van der Waals surface area contributed by atoms with E-state index >= 15 is 0 Å². The number of nitrogens with zero attached hydrogens (tertiary/aromatic N) is 2. The highest BCUT2D eigenvalue weighted by atomic mass is 32.2. The van der Waals surface area contributed by atoms with Crippen LogP contribution in [0.5, 0.6) is 0 Å². The molecular formula is C12H21N3OS. The lowest BCUT2D eigenvalue weighted by molar-refractivity contribution is -0.114. The molecule has 1 amide bonds. The van der Waals surface area contributed by atoms with Crippen LogP contribution in [0.2, 0.25) is 0 Å². The Balaban J connectivity index is 1.69. The Hall–Kier alpha value is -0.550. The van der Waals surface area contributed by atoms with Crippen molar-refractivity contribution in [3.8, 4) is 0 Å². The van der Waals surface area contributed by atoms with E-state index in [1.165, 1.54) is 25.9 Å². The fourth-order valence-electron chi connectivity index (χ4n) is 2.12. The normalized spacial score (nSPS) is 29.4. The summed E-state index contributed by atoms with van der Waals surface area (Å²) in [5, 5.41) is 4.04. The number of rotatable bonds is 4. The second-order valence-electron chi connectivity index (χ2n) is 4.80. The first-order chi connectivity index (χ1) is 8.16. The molecule has 4 nitrogen and oxygen atoms in total. The van der Waals surface area contributed by atoms with Crippen LogP contribution >= 0.6 is 11.8 Å². The summed E-state index contributed by atoms with van der Waals surface area (Å²) in [5.74, 6) is 0.00500. The zero-order valence-electron chi connectivity index (χ0n) is 10.6. The molecule has 17 heavy (non-hydrogen) atoms. The number of hydrogen-bond donors (Lipinski definition) is 1. The summed E-state index contributed by atoms with van der Waals surface area (Å²) in [7, 11) is 0. The topological polar surface area (TPSA) is 44.7 Å². The van der Waals surface area contributed by atoms with Crippen LogP contribution in [0.25, 0.3) is 0 Å². The van der Waals surface area contributed by atoms with Gasteiger partial charge in [0, 0.05) is 18.3 Å². The zero-order valence-corrected chi connectivity index (χ0v) is 11.4. The average molecular weight is 255 g/mol. The van der Waals surface area contributed by atoms with Crippen LogP contribution in [0.3, 0.4) is 0 Å². The minimum Gasteiger partial charge on any atom is -0.349 e. The van der Waals surface area contributed by atoms with E-state index in [2.05, 4.69) is 29.1 Å². The van der Waals surface area contributed by atoms with Gasteiger partial charge in [-0.25, -0.2) is 0 Å². The van der Waals surface area contributed by atoms with Crippen LogP contribution in [0.15, 0.2) is 4.99 Å². The molecule has 0 aromatic heterocycles. The van der Waals surface area contributed by atoms with Crippen LogP contribution in [-0.4, -0.2) is 53.3 Å². The van der Waals surface area contributed by atoms with Crippen molar-refractivity contribution >= 4 is 22.7 Å². The summed E-state index contributed by atoms with van der Waals surface area (Å²) in [4.78, 5) is 18.6. The summed E-state index contributed by atoms with van der Waals surface area (Å²) in [6.45, 7) is 8.24. The van der Waals surface area contributed by atoms with Gasteiger partial charge in [0.15, 0.2) is 5.04 Å². The first-order valence-electron chi connectivity index (χ1n) is 6.42. The monoisotopic (exact) mass is 255 g/mol. The van der Waals surface area contributed by atoms with Crippen molar-refractivity contribution < 1.29 is 4.79 Å². The number of hydrogen-bond acceptors (Lipinski definition) is 4. The average Bonchev–Trinajstić information content (AvgIpc) is 2.90. The van der Waals surface area contributed by atoms with Gasteiger partial charge in [-0.3, -0.25) is 9.79 Å². The van der Waals surface area contributed by atoms with Gasteiger partial charge < -0.3 is 10.2 Å². The molecule has 0 aromatic rings. The van der Waals surface area contributed by atoms with E-state index in [0.717, 1.165) is 13.1 Å². The Morgan fingerprint density at radius 3 is 2.76 bits per heavy atom. The van der Waals surface area contributed by atoms with Crippen molar-refractivity contribution in [2.24, 2.45) is 4.99 Å². The van der Waals surface area contributed by atoms with E-state index in [9.17, 15) is 4.79 Å². The first kappa shape index (κ1) is 12.9. The molecule has 0 aliphatic carbocycles. The molecule has 2 unspecified atom stereocenters. The highest BCUT2D eigenvalue weighted by Crippen LogP contribution is 2.26. The maximum Gasteiger partial charge on any atom is 0.276 e. The van der Waals surface area contributed by atoms with Crippen LogP contribution in [0.1, 0.15) is 26.7 Å². The molecule has 96 valence electrons. The molecule has 1 saturated heterocycles. The van der Waals surface area contributed by atoms with Gasteiger partial charge in [-0.05, 0) is 32.9 Å². The second kappa shape index (κ2) is 5.87. The van der Waals surface area contributed by atoms with E-state index in [1.54, 1.807) is 11.8 Å². The van der Waals surface area contributed by atoms with Gasteiger partial charge in [-0.15, -0.1) is 0 Å². The number of likely N-dealkylation sites (tertiary alicyclic amines) is 1. The fourth-order valence-corrected chi connectivity index (χ4v) is 3.13. The molecule has 2 aliphatic rings. The number of amides is 1. The highest BCUT2D eigenvalue weighted by Gasteiger charge is 2.26.